The zero-order valence-corrected chi connectivity index (χ0v) is 10.5. The summed E-state index contributed by atoms with van der Waals surface area (Å²) in [5.41, 5.74) is 7.52. The van der Waals surface area contributed by atoms with Crippen LogP contribution in [0.2, 0.25) is 0 Å². The van der Waals surface area contributed by atoms with Crippen molar-refractivity contribution in [1.82, 2.24) is 4.98 Å². The normalized spacial score (nSPS) is 19.6. The smallest absolute Gasteiger partial charge is 0.0270 e. The monoisotopic (exact) mass is 236 g/mol. The fourth-order valence-electron chi connectivity index (χ4n) is 2.32. The molecule has 1 aliphatic rings. The molecule has 1 fully saturated rings. The number of rotatable bonds is 4. The van der Waals surface area contributed by atoms with Crippen molar-refractivity contribution < 1.29 is 0 Å². The van der Waals surface area contributed by atoms with E-state index in [4.69, 9.17) is 5.73 Å². The van der Waals surface area contributed by atoms with Gasteiger partial charge in [0.25, 0.3) is 0 Å². The van der Waals surface area contributed by atoms with Crippen molar-refractivity contribution in [3.05, 3.63) is 30.1 Å². The Bertz CT molecular complexity index is 296. The van der Waals surface area contributed by atoms with E-state index in [0.717, 1.165) is 12.3 Å². The van der Waals surface area contributed by atoms with Gasteiger partial charge in [-0.15, -0.1) is 0 Å². The first-order valence-electron chi connectivity index (χ1n) is 6.07. The maximum Gasteiger partial charge on any atom is 0.0270 e. The van der Waals surface area contributed by atoms with Gasteiger partial charge in [0.15, 0.2) is 0 Å². The van der Waals surface area contributed by atoms with Crippen molar-refractivity contribution >= 4 is 11.8 Å². The first-order chi connectivity index (χ1) is 7.84. The van der Waals surface area contributed by atoms with Gasteiger partial charge in [-0.25, -0.2) is 0 Å². The number of nitrogens with zero attached hydrogens (tertiary/aromatic N) is 1. The average molecular weight is 236 g/mol. The maximum absolute atomic E-state index is 6.21. The largest absolute Gasteiger partial charge is 0.327 e. The van der Waals surface area contributed by atoms with Gasteiger partial charge in [-0.05, 0) is 60.8 Å². The highest BCUT2D eigenvalue weighted by Gasteiger charge is 2.17. The molecule has 1 aromatic heterocycles. The standard InChI is InChI=1S/C13H20N2S/c14-13(9-11-1-5-15-6-2-11)10-12-3-7-16-8-4-12/h1-2,5-6,12-13H,3-4,7-10,14H2. The van der Waals surface area contributed by atoms with Gasteiger partial charge in [-0.1, -0.05) is 0 Å². The van der Waals surface area contributed by atoms with Crippen LogP contribution in [0.3, 0.4) is 0 Å². The van der Waals surface area contributed by atoms with E-state index < -0.39 is 0 Å². The molecule has 1 atom stereocenters. The molecule has 1 aromatic rings. The summed E-state index contributed by atoms with van der Waals surface area (Å²) in [6, 6.07) is 4.45. The summed E-state index contributed by atoms with van der Waals surface area (Å²) in [5, 5.41) is 0. The summed E-state index contributed by atoms with van der Waals surface area (Å²) < 4.78 is 0. The van der Waals surface area contributed by atoms with Crippen LogP contribution >= 0.6 is 11.8 Å². The predicted molar refractivity (Wildman–Crippen MR) is 70.6 cm³/mol. The molecule has 0 radical (unpaired) electrons. The Kier molecular flexibility index (Phi) is 4.67. The number of thioether (sulfide) groups is 1. The molecule has 0 bridgehead atoms. The summed E-state index contributed by atoms with van der Waals surface area (Å²) in [7, 11) is 0. The van der Waals surface area contributed by atoms with Crippen molar-refractivity contribution in [3.63, 3.8) is 0 Å². The molecule has 16 heavy (non-hydrogen) atoms. The number of pyridine rings is 1. The molecule has 0 spiro atoms. The lowest BCUT2D eigenvalue weighted by Crippen LogP contribution is -2.27. The minimum absolute atomic E-state index is 0.315. The minimum Gasteiger partial charge on any atom is -0.327 e. The number of hydrogen-bond acceptors (Lipinski definition) is 3. The molecule has 1 unspecified atom stereocenters. The summed E-state index contributed by atoms with van der Waals surface area (Å²) in [4.78, 5) is 4.02. The summed E-state index contributed by atoms with van der Waals surface area (Å²) >= 11 is 2.08. The molecule has 0 saturated carbocycles. The minimum atomic E-state index is 0.315. The Labute approximate surface area is 102 Å². The molecule has 2 N–H and O–H groups in total. The summed E-state index contributed by atoms with van der Waals surface area (Å²) in [6.45, 7) is 0. The van der Waals surface area contributed by atoms with Crippen LogP contribution in [0.4, 0.5) is 0 Å². The van der Waals surface area contributed by atoms with E-state index in [1.54, 1.807) is 0 Å². The molecule has 88 valence electrons. The van der Waals surface area contributed by atoms with Crippen molar-refractivity contribution in [3.8, 4) is 0 Å². The van der Waals surface area contributed by atoms with Gasteiger partial charge in [0.05, 0.1) is 0 Å². The van der Waals surface area contributed by atoms with Gasteiger partial charge in [-0.3, -0.25) is 4.98 Å². The van der Waals surface area contributed by atoms with Crippen LogP contribution in [0.15, 0.2) is 24.5 Å². The van der Waals surface area contributed by atoms with E-state index in [-0.39, 0.29) is 0 Å². The lowest BCUT2D eigenvalue weighted by atomic mass is 9.92. The van der Waals surface area contributed by atoms with Crippen molar-refractivity contribution in [1.29, 1.82) is 0 Å². The van der Waals surface area contributed by atoms with Gasteiger partial charge >= 0.3 is 0 Å². The third-order valence-electron chi connectivity index (χ3n) is 3.22. The van der Waals surface area contributed by atoms with Crippen molar-refractivity contribution in [2.45, 2.75) is 31.7 Å². The second-order valence-electron chi connectivity index (χ2n) is 4.61. The SMILES string of the molecule is NC(Cc1ccncc1)CC1CCSCC1. The first-order valence-corrected chi connectivity index (χ1v) is 7.22. The van der Waals surface area contributed by atoms with Gasteiger partial charge in [0.2, 0.25) is 0 Å². The molecule has 0 amide bonds. The van der Waals surface area contributed by atoms with Gasteiger partial charge in [0.1, 0.15) is 0 Å². The van der Waals surface area contributed by atoms with Crippen LogP contribution in [-0.2, 0) is 6.42 Å². The average Bonchev–Trinajstić information content (AvgIpc) is 2.31. The van der Waals surface area contributed by atoms with Crippen LogP contribution < -0.4 is 5.73 Å². The Morgan fingerprint density at radius 3 is 2.69 bits per heavy atom. The summed E-state index contributed by atoms with van der Waals surface area (Å²) in [6.07, 6.45) is 8.58. The third kappa shape index (κ3) is 3.80. The van der Waals surface area contributed by atoms with E-state index in [9.17, 15) is 0 Å². The highest BCUT2D eigenvalue weighted by Crippen LogP contribution is 2.26. The van der Waals surface area contributed by atoms with Crippen molar-refractivity contribution in [2.75, 3.05) is 11.5 Å². The van der Waals surface area contributed by atoms with Gasteiger partial charge in [0, 0.05) is 18.4 Å². The molecule has 3 heteroatoms. The predicted octanol–water partition coefficient (Wildman–Crippen LogP) is 2.48. The van der Waals surface area contributed by atoms with Crippen LogP contribution in [0.1, 0.15) is 24.8 Å². The fourth-order valence-corrected chi connectivity index (χ4v) is 3.52. The molecule has 2 nitrogen and oxygen atoms in total. The quantitative estimate of drug-likeness (QED) is 0.873. The molecule has 0 aliphatic carbocycles. The topological polar surface area (TPSA) is 38.9 Å². The Balaban J connectivity index is 1.77. The van der Waals surface area contributed by atoms with Crippen LogP contribution in [0.25, 0.3) is 0 Å². The zero-order valence-electron chi connectivity index (χ0n) is 9.64. The molecule has 0 aromatic carbocycles. The van der Waals surface area contributed by atoms with Crippen molar-refractivity contribution in [2.24, 2.45) is 11.7 Å². The molecular weight excluding hydrogens is 216 g/mol. The highest BCUT2D eigenvalue weighted by atomic mass is 32.2. The third-order valence-corrected chi connectivity index (χ3v) is 4.27. The van der Waals surface area contributed by atoms with E-state index in [2.05, 4.69) is 28.9 Å². The van der Waals surface area contributed by atoms with Crippen LogP contribution in [0.5, 0.6) is 0 Å². The Hall–Kier alpha value is -0.540. The second kappa shape index (κ2) is 6.26. The Morgan fingerprint density at radius 2 is 2.00 bits per heavy atom. The maximum atomic E-state index is 6.21. The van der Waals surface area contributed by atoms with Gasteiger partial charge in [-0.2, -0.15) is 11.8 Å². The number of aromatic nitrogens is 1. The fraction of sp³-hybridized carbons (Fsp3) is 0.615. The van der Waals surface area contributed by atoms with E-state index in [0.29, 0.717) is 6.04 Å². The molecule has 2 rings (SSSR count). The molecule has 1 saturated heterocycles. The second-order valence-corrected chi connectivity index (χ2v) is 5.84. The Morgan fingerprint density at radius 1 is 1.31 bits per heavy atom. The molecule has 1 aliphatic heterocycles. The lowest BCUT2D eigenvalue weighted by molar-refractivity contribution is 0.406. The van der Waals surface area contributed by atoms with Crippen LogP contribution in [0, 0.1) is 5.92 Å². The van der Waals surface area contributed by atoms with E-state index in [1.807, 2.05) is 12.4 Å². The van der Waals surface area contributed by atoms with Crippen LogP contribution in [-0.4, -0.2) is 22.5 Å². The summed E-state index contributed by atoms with van der Waals surface area (Å²) in [5.74, 6) is 3.51. The molecular formula is C13H20N2S. The highest BCUT2D eigenvalue weighted by molar-refractivity contribution is 7.99. The zero-order chi connectivity index (χ0) is 11.2. The lowest BCUT2D eigenvalue weighted by Gasteiger charge is -2.24. The van der Waals surface area contributed by atoms with Gasteiger partial charge < -0.3 is 5.73 Å². The molecule has 2 heterocycles. The first kappa shape index (κ1) is 11.9. The van der Waals surface area contributed by atoms with E-state index in [1.165, 1.54) is 36.3 Å². The number of nitrogens with two attached hydrogens (primary N) is 1. The number of hydrogen-bond donors (Lipinski definition) is 1. The van der Waals surface area contributed by atoms with E-state index >= 15 is 0 Å².